The van der Waals surface area contributed by atoms with Crippen molar-refractivity contribution in [1.29, 1.82) is 0 Å². The van der Waals surface area contributed by atoms with Gasteiger partial charge >= 0.3 is 6.09 Å². The number of carbonyl (C=O) groups excluding carboxylic acids is 1. The third-order valence-corrected chi connectivity index (χ3v) is 4.52. The summed E-state index contributed by atoms with van der Waals surface area (Å²) in [5, 5.41) is 10.7. The second-order valence-electron chi connectivity index (χ2n) is 8.00. The third-order valence-electron chi connectivity index (χ3n) is 4.52. The molecule has 0 spiro atoms. The number of hydrogen-bond donors (Lipinski definition) is 2. The lowest BCUT2D eigenvalue weighted by atomic mass is 10.1. The quantitative estimate of drug-likeness (QED) is 0.309. The molecule has 0 aromatic carbocycles. The number of nitrogens with one attached hydrogen (secondary N) is 2. The average Bonchev–Trinajstić information content (AvgIpc) is 3.38. The zero-order valence-electron chi connectivity index (χ0n) is 18.5. The molecule has 0 unspecified atom stereocenters. The van der Waals surface area contributed by atoms with E-state index in [0.717, 1.165) is 42.7 Å². The number of halogens is 1. The largest absolute Gasteiger partial charge is 0.444 e. The van der Waals surface area contributed by atoms with Gasteiger partial charge in [0.2, 0.25) is 0 Å². The zero-order chi connectivity index (χ0) is 20.7. The zero-order valence-corrected chi connectivity index (χ0v) is 20.8. The topological polar surface area (TPSA) is 92.0 Å². The SMILES string of the molecule is CCc1noc(CC)c1CNC(=NC)NCCN(C(=O)OC(C)(C)C)C1CC1.I. The molecule has 2 rings (SSSR count). The molecule has 1 amide bonds. The Morgan fingerprint density at radius 2 is 1.97 bits per heavy atom. The summed E-state index contributed by atoms with van der Waals surface area (Å²) < 4.78 is 10.9. The van der Waals surface area contributed by atoms with Crippen molar-refractivity contribution in [2.45, 2.75) is 78.5 Å². The van der Waals surface area contributed by atoms with Crippen molar-refractivity contribution in [3.8, 4) is 0 Å². The number of nitrogens with zero attached hydrogens (tertiary/aromatic N) is 3. The molecule has 1 aromatic rings. The molecule has 1 aliphatic carbocycles. The molecule has 1 fully saturated rings. The summed E-state index contributed by atoms with van der Waals surface area (Å²) in [6, 6.07) is 0.294. The van der Waals surface area contributed by atoms with Gasteiger partial charge in [-0.2, -0.15) is 0 Å². The number of aryl methyl sites for hydroxylation is 2. The van der Waals surface area contributed by atoms with E-state index in [4.69, 9.17) is 9.26 Å². The summed E-state index contributed by atoms with van der Waals surface area (Å²) in [5.74, 6) is 1.59. The van der Waals surface area contributed by atoms with Gasteiger partial charge in [-0.1, -0.05) is 19.0 Å². The molecule has 1 saturated carbocycles. The first kappa shape index (κ1) is 25.5. The van der Waals surface area contributed by atoms with Gasteiger partial charge in [0.25, 0.3) is 0 Å². The summed E-state index contributed by atoms with van der Waals surface area (Å²) in [6.07, 6.45) is 3.48. The van der Waals surface area contributed by atoms with E-state index in [2.05, 4.69) is 34.6 Å². The van der Waals surface area contributed by atoms with Crippen LogP contribution in [0.25, 0.3) is 0 Å². The highest BCUT2D eigenvalue weighted by Crippen LogP contribution is 2.28. The number of rotatable bonds is 8. The highest BCUT2D eigenvalue weighted by Gasteiger charge is 2.34. The van der Waals surface area contributed by atoms with Gasteiger partial charge in [0, 0.05) is 44.7 Å². The van der Waals surface area contributed by atoms with E-state index in [0.29, 0.717) is 31.6 Å². The Kier molecular flexibility index (Phi) is 10.2. The molecule has 9 heteroatoms. The first-order valence-corrected chi connectivity index (χ1v) is 10.2. The van der Waals surface area contributed by atoms with Crippen LogP contribution in [0.4, 0.5) is 4.79 Å². The number of carbonyl (C=O) groups is 1. The fraction of sp³-hybridized carbons (Fsp3) is 0.750. The number of ether oxygens (including phenoxy) is 1. The van der Waals surface area contributed by atoms with Crippen molar-refractivity contribution in [1.82, 2.24) is 20.7 Å². The highest BCUT2D eigenvalue weighted by molar-refractivity contribution is 14.0. The van der Waals surface area contributed by atoms with Crippen LogP contribution in [0.2, 0.25) is 0 Å². The molecule has 0 bridgehead atoms. The maximum Gasteiger partial charge on any atom is 0.410 e. The lowest BCUT2D eigenvalue weighted by Gasteiger charge is -2.27. The molecule has 1 heterocycles. The molecule has 2 N–H and O–H groups in total. The maximum absolute atomic E-state index is 12.4. The molecular weight excluding hydrogens is 485 g/mol. The second-order valence-corrected chi connectivity index (χ2v) is 8.00. The lowest BCUT2D eigenvalue weighted by Crippen LogP contribution is -2.45. The molecule has 0 saturated heterocycles. The van der Waals surface area contributed by atoms with Gasteiger partial charge in [0.1, 0.15) is 11.4 Å². The van der Waals surface area contributed by atoms with Crippen LogP contribution in [0, 0.1) is 0 Å². The molecule has 0 radical (unpaired) electrons. The first-order valence-electron chi connectivity index (χ1n) is 10.2. The van der Waals surface area contributed by atoms with Crippen LogP contribution < -0.4 is 10.6 Å². The van der Waals surface area contributed by atoms with Crippen molar-refractivity contribution >= 4 is 36.0 Å². The van der Waals surface area contributed by atoms with E-state index >= 15 is 0 Å². The van der Waals surface area contributed by atoms with Crippen LogP contribution in [-0.4, -0.2) is 53.9 Å². The molecule has 29 heavy (non-hydrogen) atoms. The van der Waals surface area contributed by atoms with Crippen LogP contribution in [0.3, 0.4) is 0 Å². The monoisotopic (exact) mass is 521 g/mol. The van der Waals surface area contributed by atoms with Gasteiger partial charge in [0.15, 0.2) is 5.96 Å². The summed E-state index contributed by atoms with van der Waals surface area (Å²) >= 11 is 0. The predicted molar refractivity (Wildman–Crippen MR) is 125 cm³/mol. The van der Waals surface area contributed by atoms with Crippen molar-refractivity contribution in [2.24, 2.45) is 4.99 Å². The summed E-state index contributed by atoms with van der Waals surface area (Å²) in [7, 11) is 1.73. The number of amides is 1. The Labute approximate surface area is 191 Å². The molecule has 0 atom stereocenters. The molecule has 1 aromatic heterocycles. The number of guanidine groups is 1. The van der Waals surface area contributed by atoms with Crippen molar-refractivity contribution < 1.29 is 14.1 Å². The van der Waals surface area contributed by atoms with E-state index < -0.39 is 5.60 Å². The fourth-order valence-electron chi connectivity index (χ4n) is 2.95. The maximum atomic E-state index is 12.4. The summed E-state index contributed by atoms with van der Waals surface area (Å²) in [6.45, 7) is 11.6. The van der Waals surface area contributed by atoms with E-state index in [-0.39, 0.29) is 30.1 Å². The van der Waals surface area contributed by atoms with Crippen molar-refractivity contribution in [2.75, 3.05) is 20.1 Å². The Hall–Kier alpha value is -1.52. The van der Waals surface area contributed by atoms with Gasteiger partial charge < -0.3 is 24.8 Å². The lowest BCUT2D eigenvalue weighted by molar-refractivity contribution is 0.0238. The number of hydrogen-bond acceptors (Lipinski definition) is 5. The normalized spacial score (nSPS) is 14.2. The molecular formula is C20H36IN5O3. The number of aliphatic imine (C=N–C) groups is 1. The average molecular weight is 521 g/mol. The fourth-order valence-corrected chi connectivity index (χ4v) is 2.95. The molecule has 8 nitrogen and oxygen atoms in total. The molecule has 166 valence electrons. The standard InChI is InChI=1S/C20H35N5O3.HI/c1-7-16-15(17(8-2)28-24-16)13-23-18(21-6)22-11-12-25(14-9-10-14)19(26)27-20(3,4)5;/h14H,7-13H2,1-6H3,(H2,21,22,23);1H. The van der Waals surface area contributed by atoms with Gasteiger partial charge in [0.05, 0.1) is 5.69 Å². The Balaban J connectivity index is 0.00000420. The van der Waals surface area contributed by atoms with Crippen LogP contribution in [0.5, 0.6) is 0 Å². The molecule has 0 aliphatic heterocycles. The van der Waals surface area contributed by atoms with Crippen LogP contribution in [-0.2, 0) is 24.1 Å². The molecule has 1 aliphatic rings. The van der Waals surface area contributed by atoms with Gasteiger partial charge in [-0.25, -0.2) is 4.79 Å². The van der Waals surface area contributed by atoms with Crippen molar-refractivity contribution in [3.63, 3.8) is 0 Å². The predicted octanol–water partition coefficient (Wildman–Crippen LogP) is 3.48. The van der Waals surface area contributed by atoms with Gasteiger partial charge in [-0.3, -0.25) is 4.99 Å². The minimum absolute atomic E-state index is 0. The minimum Gasteiger partial charge on any atom is -0.444 e. The minimum atomic E-state index is -0.484. The Morgan fingerprint density at radius 3 is 2.48 bits per heavy atom. The third kappa shape index (κ3) is 8.02. The second kappa shape index (κ2) is 11.6. The van der Waals surface area contributed by atoms with Crippen LogP contribution in [0.15, 0.2) is 9.52 Å². The van der Waals surface area contributed by atoms with E-state index in [1.165, 1.54) is 0 Å². The van der Waals surface area contributed by atoms with E-state index in [1.54, 1.807) is 7.05 Å². The summed E-state index contributed by atoms with van der Waals surface area (Å²) in [4.78, 5) is 18.5. The number of aromatic nitrogens is 1. The van der Waals surface area contributed by atoms with Gasteiger partial charge in [-0.05, 0) is 40.0 Å². The van der Waals surface area contributed by atoms with E-state index in [1.807, 2.05) is 25.7 Å². The van der Waals surface area contributed by atoms with Gasteiger partial charge in [-0.15, -0.1) is 24.0 Å². The summed E-state index contributed by atoms with van der Waals surface area (Å²) in [5.41, 5.74) is 1.59. The van der Waals surface area contributed by atoms with Crippen LogP contribution in [0.1, 0.15) is 64.5 Å². The smallest absolute Gasteiger partial charge is 0.410 e. The van der Waals surface area contributed by atoms with E-state index in [9.17, 15) is 4.79 Å². The highest BCUT2D eigenvalue weighted by atomic mass is 127. The Bertz CT molecular complexity index is 659. The Morgan fingerprint density at radius 1 is 1.28 bits per heavy atom. The first-order chi connectivity index (χ1) is 13.3. The van der Waals surface area contributed by atoms with Crippen molar-refractivity contribution in [3.05, 3.63) is 17.0 Å². The van der Waals surface area contributed by atoms with Crippen LogP contribution >= 0.6 is 24.0 Å².